The Labute approximate surface area is 137 Å². The Morgan fingerprint density at radius 1 is 1.25 bits per heavy atom. The lowest BCUT2D eigenvalue weighted by molar-refractivity contribution is 0.102. The van der Waals surface area contributed by atoms with Crippen LogP contribution in [0, 0.1) is 12.7 Å². The molecular weight excluding hydrogens is 311 g/mol. The van der Waals surface area contributed by atoms with Gasteiger partial charge in [0.05, 0.1) is 5.69 Å². The Balaban J connectivity index is 1.90. The molecule has 0 atom stereocenters. The van der Waals surface area contributed by atoms with Crippen LogP contribution in [0.15, 0.2) is 48.8 Å². The molecular formula is C17H15FN4O2. The van der Waals surface area contributed by atoms with Crippen LogP contribution >= 0.6 is 0 Å². The van der Waals surface area contributed by atoms with Crippen molar-refractivity contribution in [1.82, 2.24) is 14.8 Å². The lowest BCUT2D eigenvalue weighted by Gasteiger charge is -2.10. The first-order chi connectivity index (χ1) is 11.5. The van der Waals surface area contributed by atoms with Crippen molar-refractivity contribution in [2.24, 2.45) is 7.05 Å². The van der Waals surface area contributed by atoms with E-state index < -0.39 is 5.82 Å². The van der Waals surface area contributed by atoms with E-state index in [0.717, 1.165) is 0 Å². The fourth-order valence-corrected chi connectivity index (χ4v) is 2.23. The van der Waals surface area contributed by atoms with Crippen LogP contribution in [0.5, 0.6) is 11.6 Å². The van der Waals surface area contributed by atoms with Gasteiger partial charge in [0.1, 0.15) is 17.3 Å². The summed E-state index contributed by atoms with van der Waals surface area (Å²) in [5.74, 6) is -0.0794. The van der Waals surface area contributed by atoms with Crippen molar-refractivity contribution >= 4 is 11.6 Å². The van der Waals surface area contributed by atoms with E-state index in [1.165, 1.54) is 29.2 Å². The summed E-state index contributed by atoms with van der Waals surface area (Å²) >= 11 is 0. The van der Waals surface area contributed by atoms with Gasteiger partial charge in [-0.15, -0.1) is 0 Å². The third-order valence-electron chi connectivity index (χ3n) is 3.36. The number of nitrogens with zero attached hydrogens (tertiary/aromatic N) is 3. The number of benzene rings is 1. The molecule has 3 aromatic rings. The maximum atomic E-state index is 13.3. The van der Waals surface area contributed by atoms with E-state index in [1.807, 2.05) is 0 Å². The number of aromatic nitrogens is 3. The molecule has 24 heavy (non-hydrogen) atoms. The Bertz CT molecular complexity index is 878. The van der Waals surface area contributed by atoms with Crippen molar-refractivity contribution in [3.63, 3.8) is 0 Å². The number of carbonyl (C=O) groups is 1. The van der Waals surface area contributed by atoms with Gasteiger partial charge in [-0.1, -0.05) is 6.07 Å². The molecule has 0 fully saturated rings. The Kier molecular flexibility index (Phi) is 4.24. The van der Waals surface area contributed by atoms with Gasteiger partial charge in [0, 0.05) is 31.1 Å². The van der Waals surface area contributed by atoms with Crippen molar-refractivity contribution in [2.75, 3.05) is 5.32 Å². The zero-order valence-corrected chi connectivity index (χ0v) is 13.2. The van der Waals surface area contributed by atoms with Crippen LogP contribution in [-0.4, -0.2) is 20.7 Å². The number of pyridine rings is 1. The third-order valence-corrected chi connectivity index (χ3v) is 3.36. The van der Waals surface area contributed by atoms with Crippen molar-refractivity contribution < 1.29 is 13.9 Å². The average molecular weight is 326 g/mol. The lowest BCUT2D eigenvalue weighted by Crippen LogP contribution is -2.13. The van der Waals surface area contributed by atoms with Crippen LogP contribution in [0.3, 0.4) is 0 Å². The standard InChI is InChI=1S/C17H15FN4O2/c1-11-15(20-16(23)12-6-8-19-9-7-12)17(22(2)21-11)24-14-5-3-4-13(18)10-14/h3-10H,1-2H3,(H,20,23). The average Bonchev–Trinajstić information content (AvgIpc) is 2.83. The number of aryl methyl sites for hydroxylation is 2. The van der Waals surface area contributed by atoms with Crippen LogP contribution in [-0.2, 0) is 7.05 Å². The summed E-state index contributed by atoms with van der Waals surface area (Å²) in [5.41, 5.74) is 1.49. The largest absolute Gasteiger partial charge is 0.437 e. The van der Waals surface area contributed by atoms with Gasteiger partial charge in [-0.25, -0.2) is 9.07 Å². The zero-order chi connectivity index (χ0) is 17.1. The predicted molar refractivity (Wildman–Crippen MR) is 86.6 cm³/mol. The molecule has 0 spiro atoms. The quantitative estimate of drug-likeness (QED) is 0.798. The molecule has 0 radical (unpaired) electrons. The lowest BCUT2D eigenvalue weighted by atomic mass is 10.2. The fraction of sp³-hybridized carbons (Fsp3) is 0.118. The minimum absolute atomic E-state index is 0.308. The van der Waals surface area contributed by atoms with Crippen molar-refractivity contribution in [3.8, 4) is 11.6 Å². The Hall–Kier alpha value is -3.22. The highest BCUT2D eigenvalue weighted by atomic mass is 19.1. The van der Waals surface area contributed by atoms with Crippen molar-refractivity contribution in [1.29, 1.82) is 0 Å². The second-order valence-electron chi connectivity index (χ2n) is 5.14. The summed E-state index contributed by atoms with van der Waals surface area (Å²) in [6.07, 6.45) is 3.07. The van der Waals surface area contributed by atoms with Crippen LogP contribution in [0.25, 0.3) is 0 Å². The van der Waals surface area contributed by atoms with Gasteiger partial charge in [-0.2, -0.15) is 5.10 Å². The summed E-state index contributed by atoms with van der Waals surface area (Å²) in [6, 6.07) is 8.97. The van der Waals surface area contributed by atoms with E-state index in [2.05, 4.69) is 15.4 Å². The van der Waals surface area contributed by atoms with Crippen LogP contribution < -0.4 is 10.1 Å². The molecule has 1 aromatic carbocycles. The number of rotatable bonds is 4. The van der Waals surface area contributed by atoms with Gasteiger partial charge >= 0.3 is 0 Å². The number of anilines is 1. The maximum Gasteiger partial charge on any atom is 0.255 e. The molecule has 0 saturated heterocycles. The first-order valence-electron chi connectivity index (χ1n) is 7.23. The highest BCUT2D eigenvalue weighted by Gasteiger charge is 2.19. The minimum Gasteiger partial charge on any atom is -0.437 e. The summed E-state index contributed by atoms with van der Waals surface area (Å²) in [5, 5.41) is 7.03. The molecule has 1 N–H and O–H groups in total. The van der Waals surface area contributed by atoms with Gasteiger partial charge in [-0.05, 0) is 31.2 Å². The molecule has 1 amide bonds. The Morgan fingerprint density at radius 3 is 2.71 bits per heavy atom. The third kappa shape index (κ3) is 3.24. The molecule has 2 aromatic heterocycles. The van der Waals surface area contributed by atoms with Gasteiger partial charge in [-0.3, -0.25) is 9.78 Å². The number of amides is 1. The SMILES string of the molecule is Cc1nn(C)c(Oc2cccc(F)c2)c1NC(=O)c1ccncc1. The van der Waals surface area contributed by atoms with Crippen molar-refractivity contribution in [2.45, 2.75) is 6.92 Å². The molecule has 0 unspecified atom stereocenters. The van der Waals surface area contributed by atoms with Gasteiger partial charge in [0.2, 0.25) is 5.88 Å². The Morgan fingerprint density at radius 2 is 2.00 bits per heavy atom. The van der Waals surface area contributed by atoms with Crippen LogP contribution in [0.1, 0.15) is 16.1 Å². The first-order valence-corrected chi connectivity index (χ1v) is 7.23. The number of carbonyl (C=O) groups excluding carboxylic acids is 1. The molecule has 0 bridgehead atoms. The second kappa shape index (κ2) is 6.49. The predicted octanol–water partition coefficient (Wildman–Crippen LogP) is 3.31. The number of hydrogen-bond donors (Lipinski definition) is 1. The molecule has 7 heteroatoms. The fourth-order valence-electron chi connectivity index (χ4n) is 2.23. The number of hydrogen-bond acceptors (Lipinski definition) is 4. The van der Waals surface area contributed by atoms with Crippen LogP contribution in [0.4, 0.5) is 10.1 Å². The molecule has 0 aliphatic carbocycles. The molecule has 3 rings (SSSR count). The van der Waals surface area contributed by atoms with Crippen molar-refractivity contribution in [3.05, 3.63) is 65.9 Å². The molecule has 0 saturated carbocycles. The monoisotopic (exact) mass is 326 g/mol. The summed E-state index contributed by atoms with van der Waals surface area (Å²) in [6.45, 7) is 1.75. The highest BCUT2D eigenvalue weighted by Crippen LogP contribution is 2.32. The summed E-state index contributed by atoms with van der Waals surface area (Å²) in [7, 11) is 1.68. The second-order valence-corrected chi connectivity index (χ2v) is 5.14. The van der Waals surface area contributed by atoms with Gasteiger partial charge in [0.25, 0.3) is 5.91 Å². The summed E-state index contributed by atoms with van der Waals surface area (Å²) in [4.78, 5) is 16.2. The van der Waals surface area contributed by atoms with Gasteiger partial charge < -0.3 is 10.1 Å². The van der Waals surface area contributed by atoms with E-state index >= 15 is 0 Å². The smallest absolute Gasteiger partial charge is 0.255 e. The normalized spacial score (nSPS) is 10.5. The van der Waals surface area contributed by atoms with Crippen LogP contribution in [0.2, 0.25) is 0 Å². The maximum absolute atomic E-state index is 13.3. The van der Waals surface area contributed by atoms with E-state index in [-0.39, 0.29) is 5.91 Å². The molecule has 0 aliphatic rings. The minimum atomic E-state index is -0.409. The summed E-state index contributed by atoms with van der Waals surface area (Å²) < 4.78 is 20.5. The number of nitrogens with one attached hydrogen (secondary N) is 1. The van der Waals surface area contributed by atoms with E-state index in [0.29, 0.717) is 28.6 Å². The van der Waals surface area contributed by atoms with E-state index in [4.69, 9.17) is 4.74 Å². The number of ether oxygens (including phenoxy) is 1. The van der Waals surface area contributed by atoms with E-state index in [1.54, 1.807) is 38.2 Å². The molecule has 6 nitrogen and oxygen atoms in total. The zero-order valence-electron chi connectivity index (χ0n) is 13.2. The molecule has 122 valence electrons. The van der Waals surface area contributed by atoms with Gasteiger partial charge in [0.15, 0.2) is 0 Å². The molecule has 2 heterocycles. The first kappa shape index (κ1) is 15.7. The highest BCUT2D eigenvalue weighted by molar-refractivity contribution is 6.05. The molecule has 0 aliphatic heterocycles. The number of halogens is 1. The topological polar surface area (TPSA) is 69.0 Å². The van der Waals surface area contributed by atoms with E-state index in [9.17, 15) is 9.18 Å².